The molecule has 0 aliphatic rings. The van der Waals surface area contributed by atoms with Gasteiger partial charge in [0, 0.05) is 10.5 Å². The first-order valence-electron chi connectivity index (χ1n) is 4.11. The third-order valence-corrected chi connectivity index (χ3v) is 2.37. The van der Waals surface area contributed by atoms with Gasteiger partial charge in [-0.05, 0) is 25.1 Å². The number of thiol groups is 1. The number of methoxy groups -OCH3 is 1. The van der Waals surface area contributed by atoms with E-state index in [-0.39, 0.29) is 5.78 Å². The average molecular weight is 231 g/mol. The summed E-state index contributed by atoms with van der Waals surface area (Å²) in [5.41, 5.74) is 0.554. The SMILES string of the molecule is COc1ccc(C(=O)C(C)Cl)cc1S. The van der Waals surface area contributed by atoms with Crippen LogP contribution in [0.25, 0.3) is 0 Å². The summed E-state index contributed by atoms with van der Waals surface area (Å²) in [7, 11) is 1.56. The fourth-order valence-electron chi connectivity index (χ4n) is 1.07. The number of carbonyl (C=O) groups is 1. The number of rotatable bonds is 3. The molecule has 76 valence electrons. The average Bonchev–Trinajstić information content (AvgIpc) is 2.16. The Morgan fingerprint density at radius 1 is 1.57 bits per heavy atom. The smallest absolute Gasteiger partial charge is 0.180 e. The Morgan fingerprint density at radius 3 is 2.64 bits per heavy atom. The fourth-order valence-corrected chi connectivity index (χ4v) is 1.50. The number of hydrogen-bond donors (Lipinski definition) is 1. The summed E-state index contributed by atoms with van der Waals surface area (Å²) in [4.78, 5) is 12.1. The normalized spacial score (nSPS) is 12.3. The molecule has 4 heteroatoms. The number of ether oxygens (including phenoxy) is 1. The molecule has 0 spiro atoms. The van der Waals surface area contributed by atoms with Gasteiger partial charge in [-0.15, -0.1) is 24.2 Å². The number of benzene rings is 1. The summed E-state index contributed by atoms with van der Waals surface area (Å²) < 4.78 is 5.02. The summed E-state index contributed by atoms with van der Waals surface area (Å²) >= 11 is 9.87. The molecule has 0 bridgehead atoms. The zero-order valence-corrected chi connectivity index (χ0v) is 9.60. The largest absolute Gasteiger partial charge is 0.496 e. The van der Waals surface area contributed by atoms with Gasteiger partial charge in [-0.3, -0.25) is 4.79 Å². The van der Waals surface area contributed by atoms with Gasteiger partial charge in [-0.1, -0.05) is 0 Å². The first kappa shape index (κ1) is 11.4. The van der Waals surface area contributed by atoms with Gasteiger partial charge in [0.2, 0.25) is 0 Å². The molecule has 1 aromatic rings. The minimum atomic E-state index is -0.517. The van der Waals surface area contributed by atoms with Gasteiger partial charge in [-0.25, -0.2) is 0 Å². The minimum Gasteiger partial charge on any atom is -0.496 e. The molecule has 1 rings (SSSR count). The van der Waals surface area contributed by atoms with Crippen molar-refractivity contribution in [1.82, 2.24) is 0 Å². The highest BCUT2D eigenvalue weighted by Crippen LogP contribution is 2.24. The van der Waals surface area contributed by atoms with Crippen LogP contribution in [0.5, 0.6) is 5.75 Å². The maximum Gasteiger partial charge on any atom is 0.180 e. The van der Waals surface area contributed by atoms with Crippen LogP contribution in [0.3, 0.4) is 0 Å². The Hall–Kier alpha value is -0.670. The third kappa shape index (κ3) is 2.42. The molecule has 0 aliphatic carbocycles. The van der Waals surface area contributed by atoms with Crippen LogP contribution < -0.4 is 4.74 Å². The van der Waals surface area contributed by atoms with E-state index in [0.717, 1.165) is 0 Å². The molecule has 2 nitrogen and oxygen atoms in total. The standard InChI is InChI=1S/C10H11ClO2S/c1-6(11)10(12)7-3-4-8(13-2)9(14)5-7/h3-6,14H,1-2H3. The van der Waals surface area contributed by atoms with Crippen molar-refractivity contribution in [3.8, 4) is 5.75 Å². The van der Waals surface area contributed by atoms with Gasteiger partial charge < -0.3 is 4.74 Å². The third-order valence-electron chi connectivity index (χ3n) is 1.82. The molecule has 0 fully saturated rings. The van der Waals surface area contributed by atoms with E-state index >= 15 is 0 Å². The van der Waals surface area contributed by atoms with E-state index in [2.05, 4.69) is 12.6 Å². The minimum absolute atomic E-state index is 0.107. The monoisotopic (exact) mass is 230 g/mol. The van der Waals surface area contributed by atoms with Gasteiger partial charge in [0.05, 0.1) is 12.5 Å². The highest BCUT2D eigenvalue weighted by molar-refractivity contribution is 7.80. The molecule has 1 aromatic carbocycles. The quantitative estimate of drug-likeness (QED) is 0.491. The van der Waals surface area contributed by atoms with Gasteiger partial charge in [0.15, 0.2) is 5.78 Å². The van der Waals surface area contributed by atoms with E-state index in [1.807, 2.05) is 0 Å². The van der Waals surface area contributed by atoms with Gasteiger partial charge in [0.1, 0.15) is 5.75 Å². The maximum atomic E-state index is 11.5. The van der Waals surface area contributed by atoms with Crippen molar-refractivity contribution in [2.24, 2.45) is 0 Å². The lowest BCUT2D eigenvalue weighted by atomic mass is 10.1. The summed E-state index contributed by atoms with van der Waals surface area (Å²) in [6.07, 6.45) is 0. The predicted octanol–water partition coefficient (Wildman–Crippen LogP) is 2.79. The van der Waals surface area contributed by atoms with Crippen molar-refractivity contribution in [3.05, 3.63) is 23.8 Å². The number of halogens is 1. The molecule has 0 saturated heterocycles. The van der Waals surface area contributed by atoms with Gasteiger partial charge >= 0.3 is 0 Å². The first-order valence-corrected chi connectivity index (χ1v) is 5.00. The molecule has 0 amide bonds. The predicted molar refractivity (Wildman–Crippen MR) is 59.9 cm³/mol. The van der Waals surface area contributed by atoms with E-state index in [9.17, 15) is 4.79 Å². The van der Waals surface area contributed by atoms with Crippen LogP contribution in [0.2, 0.25) is 0 Å². The van der Waals surface area contributed by atoms with Crippen molar-refractivity contribution in [1.29, 1.82) is 0 Å². The molecule has 1 unspecified atom stereocenters. The van der Waals surface area contributed by atoms with Crippen LogP contribution in [0.4, 0.5) is 0 Å². The number of alkyl halides is 1. The zero-order chi connectivity index (χ0) is 10.7. The Morgan fingerprint density at radius 2 is 2.21 bits per heavy atom. The van der Waals surface area contributed by atoms with E-state index < -0.39 is 5.38 Å². The summed E-state index contributed by atoms with van der Waals surface area (Å²) in [5.74, 6) is 0.539. The van der Waals surface area contributed by atoms with E-state index in [4.69, 9.17) is 16.3 Å². The maximum absolute atomic E-state index is 11.5. The Balaban J connectivity index is 3.03. The summed E-state index contributed by atoms with van der Waals surface area (Å²) in [6, 6.07) is 5.04. The lowest BCUT2D eigenvalue weighted by molar-refractivity contribution is 0.0991. The lowest BCUT2D eigenvalue weighted by Crippen LogP contribution is -2.10. The van der Waals surface area contributed by atoms with Gasteiger partial charge in [-0.2, -0.15) is 0 Å². The highest BCUT2D eigenvalue weighted by atomic mass is 35.5. The summed E-state index contributed by atoms with van der Waals surface area (Å²) in [6.45, 7) is 1.65. The number of hydrogen-bond acceptors (Lipinski definition) is 3. The van der Waals surface area contributed by atoms with Crippen molar-refractivity contribution >= 4 is 30.0 Å². The van der Waals surface area contributed by atoms with Crippen molar-refractivity contribution < 1.29 is 9.53 Å². The Bertz CT molecular complexity index is 350. The second-order valence-electron chi connectivity index (χ2n) is 2.87. The molecular formula is C10H11ClO2S. The number of Topliss-reactive ketones (excluding diaryl/α,β-unsaturated/α-hetero) is 1. The van der Waals surface area contributed by atoms with Crippen molar-refractivity contribution in [2.75, 3.05) is 7.11 Å². The van der Waals surface area contributed by atoms with E-state index in [1.165, 1.54) is 0 Å². The van der Waals surface area contributed by atoms with Crippen molar-refractivity contribution in [3.63, 3.8) is 0 Å². The molecule has 0 radical (unpaired) electrons. The molecule has 0 N–H and O–H groups in total. The van der Waals surface area contributed by atoms with Gasteiger partial charge in [0.25, 0.3) is 0 Å². The fraction of sp³-hybridized carbons (Fsp3) is 0.300. The van der Waals surface area contributed by atoms with Crippen LogP contribution in [-0.4, -0.2) is 18.3 Å². The number of carbonyl (C=O) groups excluding carboxylic acids is 1. The molecule has 0 saturated carbocycles. The van der Waals surface area contributed by atoms with Crippen molar-refractivity contribution in [2.45, 2.75) is 17.2 Å². The van der Waals surface area contributed by atoms with Crippen LogP contribution in [0, 0.1) is 0 Å². The van der Waals surface area contributed by atoms with Crippen LogP contribution in [0.15, 0.2) is 23.1 Å². The zero-order valence-electron chi connectivity index (χ0n) is 7.95. The molecule has 1 atom stereocenters. The lowest BCUT2D eigenvalue weighted by Gasteiger charge is -2.06. The second-order valence-corrected chi connectivity index (χ2v) is 4.00. The van der Waals surface area contributed by atoms with Crippen LogP contribution in [0.1, 0.15) is 17.3 Å². The molecule has 0 aromatic heterocycles. The van der Waals surface area contributed by atoms with E-state index in [1.54, 1.807) is 32.2 Å². The molecule has 0 aliphatic heterocycles. The highest BCUT2D eigenvalue weighted by Gasteiger charge is 2.13. The summed E-state index contributed by atoms with van der Waals surface area (Å²) in [5, 5.41) is -0.517. The van der Waals surface area contributed by atoms with E-state index in [0.29, 0.717) is 16.2 Å². The van der Waals surface area contributed by atoms with Crippen LogP contribution in [-0.2, 0) is 0 Å². The Kier molecular flexibility index (Phi) is 3.84. The molecule has 0 heterocycles. The van der Waals surface area contributed by atoms with Crippen LogP contribution >= 0.6 is 24.2 Å². The molecular weight excluding hydrogens is 220 g/mol. The second kappa shape index (κ2) is 4.71. The Labute approximate surface area is 93.6 Å². The molecule has 14 heavy (non-hydrogen) atoms. The topological polar surface area (TPSA) is 26.3 Å². The first-order chi connectivity index (χ1) is 6.56. The number of ketones is 1.